The second kappa shape index (κ2) is 6.78. The Labute approximate surface area is 195 Å². The Balaban J connectivity index is 1.48. The van der Waals surface area contributed by atoms with Gasteiger partial charge in [0.1, 0.15) is 11.9 Å². The first-order valence-corrected chi connectivity index (χ1v) is 17.1. The topological polar surface area (TPSA) is 69.6 Å². The van der Waals surface area contributed by atoms with Crippen molar-refractivity contribution in [2.45, 2.75) is 44.4 Å². The van der Waals surface area contributed by atoms with E-state index in [-0.39, 0.29) is 24.2 Å². The van der Waals surface area contributed by atoms with Gasteiger partial charge in [-0.2, -0.15) is 5.10 Å². The number of anilines is 1. The van der Waals surface area contributed by atoms with Gasteiger partial charge in [0, 0.05) is 0 Å². The molecule has 4 atom stereocenters. The fourth-order valence-corrected chi connectivity index (χ4v) is 16.4. The zero-order valence-corrected chi connectivity index (χ0v) is 21.7. The van der Waals surface area contributed by atoms with E-state index >= 15 is 0 Å². The highest BCUT2D eigenvalue weighted by atomic mass is 28.4. The molecule has 9 heteroatoms. The zero-order valence-electron chi connectivity index (χ0n) is 19.7. The van der Waals surface area contributed by atoms with Crippen LogP contribution >= 0.6 is 0 Å². The van der Waals surface area contributed by atoms with Gasteiger partial charge in [0.05, 0.1) is 38.0 Å². The molecule has 0 N–H and O–H groups in total. The Kier molecular flexibility index (Phi) is 4.34. The molecule has 0 aromatic heterocycles. The number of esters is 1. The standard InChI is InChI=1S/C24H28N2O5Si2/c1-28-14-9-7-13(8-10-14)26-21-19(20(25-26)24(27)29-2)22-15-11-17-18(12-16(15)23(21)30-22)33(5,6)31-32(17,3)4/h7-12,19,21-23H,1-6H3. The monoisotopic (exact) mass is 480 g/mol. The van der Waals surface area contributed by atoms with Gasteiger partial charge in [0.25, 0.3) is 0 Å². The number of carbonyl (C=O) groups excluding carboxylic acids is 1. The Morgan fingerprint density at radius 2 is 1.58 bits per heavy atom. The lowest BCUT2D eigenvalue weighted by atomic mass is 9.78. The van der Waals surface area contributed by atoms with Crippen molar-refractivity contribution in [1.82, 2.24) is 0 Å². The molecule has 0 saturated carbocycles. The first-order chi connectivity index (χ1) is 15.7. The van der Waals surface area contributed by atoms with E-state index in [9.17, 15) is 4.79 Å². The molecule has 7 nitrogen and oxygen atoms in total. The number of hydrogen-bond donors (Lipinski definition) is 0. The van der Waals surface area contributed by atoms with Crippen molar-refractivity contribution in [1.29, 1.82) is 0 Å². The van der Waals surface area contributed by atoms with Crippen LogP contribution in [0.4, 0.5) is 5.69 Å². The van der Waals surface area contributed by atoms with Gasteiger partial charge in [-0.25, -0.2) is 4.79 Å². The number of carbonyl (C=O) groups is 1. The van der Waals surface area contributed by atoms with Gasteiger partial charge in [-0.15, -0.1) is 0 Å². The van der Waals surface area contributed by atoms with Gasteiger partial charge in [-0.3, -0.25) is 5.01 Å². The van der Waals surface area contributed by atoms with Crippen molar-refractivity contribution < 1.29 is 23.1 Å². The highest BCUT2D eigenvalue weighted by molar-refractivity contribution is 7.05. The molecule has 0 radical (unpaired) electrons. The second-order valence-corrected chi connectivity index (χ2v) is 18.1. The van der Waals surface area contributed by atoms with Gasteiger partial charge in [0.2, 0.25) is 16.6 Å². The molecule has 0 aliphatic carbocycles. The maximum absolute atomic E-state index is 12.7. The Morgan fingerprint density at radius 3 is 2.15 bits per heavy atom. The lowest BCUT2D eigenvalue weighted by Gasteiger charge is -2.31. The van der Waals surface area contributed by atoms with Gasteiger partial charge >= 0.3 is 5.97 Å². The van der Waals surface area contributed by atoms with E-state index in [1.54, 1.807) is 7.11 Å². The third-order valence-corrected chi connectivity index (χ3v) is 15.2. The van der Waals surface area contributed by atoms with Crippen molar-refractivity contribution in [3.63, 3.8) is 0 Å². The molecule has 33 heavy (non-hydrogen) atoms. The Hall–Kier alpha value is -2.47. The van der Waals surface area contributed by atoms with Crippen LogP contribution in [0.1, 0.15) is 23.3 Å². The molecular weight excluding hydrogens is 452 g/mol. The molecule has 4 heterocycles. The highest BCUT2D eigenvalue weighted by Crippen LogP contribution is 2.58. The fraction of sp³-hybridized carbons (Fsp3) is 0.417. The largest absolute Gasteiger partial charge is 0.497 e. The summed E-state index contributed by atoms with van der Waals surface area (Å²) in [4.78, 5) is 12.7. The normalized spacial score (nSPS) is 29.4. The Bertz CT molecular complexity index is 1210. The van der Waals surface area contributed by atoms with E-state index in [2.05, 4.69) is 38.3 Å². The van der Waals surface area contributed by atoms with E-state index in [1.807, 2.05) is 29.3 Å². The van der Waals surface area contributed by atoms with Crippen LogP contribution in [0.3, 0.4) is 0 Å². The number of hydrazone groups is 1. The maximum atomic E-state index is 12.7. The van der Waals surface area contributed by atoms with Gasteiger partial charge < -0.3 is 18.3 Å². The molecule has 1 saturated heterocycles. The summed E-state index contributed by atoms with van der Waals surface area (Å²) in [5.74, 6) is 0.203. The minimum absolute atomic E-state index is 0.0969. The minimum atomic E-state index is -1.96. The molecule has 6 rings (SSSR count). The highest BCUT2D eigenvalue weighted by Gasteiger charge is 2.62. The number of ether oxygens (including phenoxy) is 3. The third-order valence-electron chi connectivity index (χ3n) is 7.49. The average Bonchev–Trinajstić information content (AvgIpc) is 3.50. The Morgan fingerprint density at radius 1 is 0.970 bits per heavy atom. The van der Waals surface area contributed by atoms with Crippen molar-refractivity contribution in [3.05, 3.63) is 47.5 Å². The molecule has 2 aromatic rings. The number of methoxy groups -OCH3 is 2. The number of benzene rings is 2. The van der Waals surface area contributed by atoms with Crippen LogP contribution in [-0.4, -0.2) is 48.6 Å². The molecule has 4 aliphatic heterocycles. The predicted octanol–water partition coefficient (Wildman–Crippen LogP) is 2.71. The van der Waals surface area contributed by atoms with Crippen LogP contribution in [0.25, 0.3) is 0 Å². The van der Waals surface area contributed by atoms with E-state index in [4.69, 9.17) is 23.4 Å². The summed E-state index contributed by atoms with van der Waals surface area (Å²) in [7, 11) is -0.861. The number of nitrogens with zero attached hydrogens (tertiary/aromatic N) is 2. The molecule has 172 valence electrons. The summed E-state index contributed by atoms with van der Waals surface area (Å²) < 4.78 is 23.7. The predicted molar refractivity (Wildman–Crippen MR) is 131 cm³/mol. The summed E-state index contributed by atoms with van der Waals surface area (Å²) in [6, 6.07) is 12.3. The first-order valence-electron chi connectivity index (χ1n) is 11.3. The lowest BCUT2D eigenvalue weighted by molar-refractivity contribution is -0.133. The molecule has 1 fully saturated rings. The SMILES string of the molecule is COC(=O)C1=NN(c2ccc(OC)cc2)C2C3OC(c4cc5c(cc43)[Si](C)(C)O[Si]5(C)C)C12. The zero-order chi connectivity index (χ0) is 23.3. The number of hydrogen-bond acceptors (Lipinski definition) is 7. The van der Waals surface area contributed by atoms with Gasteiger partial charge in [-0.05, 0) is 72.0 Å². The van der Waals surface area contributed by atoms with E-state index in [0.717, 1.165) is 11.4 Å². The average molecular weight is 481 g/mol. The summed E-state index contributed by atoms with van der Waals surface area (Å²) in [6.07, 6.45) is -0.375. The molecule has 2 aromatic carbocycles. The smallest absolute Gasteiger partial charge is 0.354 e. The van der Waals surface area contributed by atoms with Crippen LogP contribution in [0.15, 0.2) is 41.5 Å². The summed E-state index contributed by atoms with van der Waals surface area (Å²) >= 11 is 0. The van der Waals surface area contributed by atoms with Crippen molar-refractivity contribution in [3.8, 4) is 5.75 Å². The molecule has 4 unspecified atom stereocenters. The van der Waals surface area contributed by atoms with Gasteiger partial charge in [0.15, 0.2) is 5.71 Å². The molecule has 2 bridgehead atoms. The quantitative estimate of drug-likeness (QED) is 0.497. The van der Waals surface area contributed by atoms with Crippen LogP contribution in [0, 0.1) is 5.92 Å². The molecule has 4 aliphatic rings. The first kappa shape index (κ1) is 21.1. The maximum Gasteiger partial charge on any atom is 0.354 e. The summed E-state index contributed by atoms with van der Waals surface area (Å²) in [5.41, 5.74) is 3.73. The molecule has 0 amide bonds. The van der Waals surface area contributed by atoms with E-state index < -0.39 is 22.6 Å². The number of rotatable bonds is 3. The van der Waals surface area contributed by atoms with Crippen molar-refractivity contribution in [2.24, 2.45) is 11.0 Å². The fourth-order valence-electron chi connectivity index (χ4n) is 6.17. The summed E-state index contributed by atoms with van der Waals surface area (Å²) in [6.45, 7) is 9.13. The van der Waals surface area contributed by atoms with Crippen LogP contribution < -0.4 is 20.1 Å². The van der Waals surface area contributed by atoms with Crippen LogP contribution in [0.2, 0.25) is 26.2 Å². The number of fused-ring (bicyclic) bond motifs is 9. The van der Waals surface area contributed by atoms with Crippen molar-refractivity contribution >= 4 is 44.4 Å². The third kappa shape index (κ3) is 2.79. The van der Waals surface area contributed by atoms with Gasteiger partial charge in [-0.1, -0.05) is 12.1 Å². The van der Waals surface area contributed by atoms with Crippen LogP contribution in [0.5, 0.6) is 5.75 Å². The van der Waals surface area contributed by atoms with Crippen molar-refractivity contribution in [2.75, 3.05) is 19.2 Å². The van der Waals surface area contributed by atoms with Crippen LogP contribution in [-0.2, 0) is 18.4 Å². The van der Waals surface area contributed by atoms with E-state index in [0.29, 0.717) is 5.71 Å². The minimum Gasteiger partial charge on any atom is -0.497 e. The lowest BCUT2D eigenvalue weighted by Crippen LogP contribution is -2.46. The summed E-state index contributed by atoms with van der Waals surface area (Å²) in [5, 5.41) is 9.49. The second-order valence-electron chi connectivity index (χ2n) is 10.2. The van der Waals surface area contributed by atoms with E-state index in [1.165, 1.54) is 28.6 Å². The molecule has 0 spiro atoms. The molecular formula is C24H28N2O5Si2.